The highest BCUT2D eigenvalue weighted by Crippen LogP contribution is 2.39. The third-order valence-electron chi connectivity index (χ3n) is 5.87. The maximum absolute atomic E-state index is 14.4. The number of carbonyl (C=O) groups is 2. The summed E-state index contributed by atoms with van der Waals surface area (Å²) >= 11 is 0. The van der Waals surface area contributed by atoms with Crippen molar-refractivity contribution >= 4 is 11.8 Å². The van der Waals surface area contributed by atoms with Gasteiger partial charge in [0.15, 0.2) is 5.69 Å². The molecule has 0 unspecified atom stereocenters. The molecule has 0 saturated heterocycles. The van der Waals surface area contributed by atoms with E-state index in [-0.39, 0.29) is 43.8 Å². The van der Waals surface area contributed by atoms with Crippen molar-refractivity contribution in [1.82, 2.24) is 41.5 Å². The van der Waals surface area contributed by atoms with Gasteiger partial charge in [-0.05, 0) is 31.9 Å². The Morgan fingerprint density at radius 3 is 2.74 bits per heavy atom. The van der Waals surface area contributed by atoms with E-state index < -0.39 is 24.1 Å². The third kappa shape index (κ3) is 7.46. The number of carbonyl (C=O) groups excluding carboxylic acids is 2. The van der Waals surface area contributed by atoms with Crippen LogP contribution in [0.4, 0.5) is 13.2 Å². The highest BCUT2D eigenvalue weighted by molar-refractivity contribution is 5.91. The van der Waals surface area contributed by atoms with Gasteiger partial charge in [0.2, 0.25) is 5.91 Å². The molecule has 2 aromatic heterocycles. The lowest BCUT2D eigenvalue weighted by Crippen LogP contribution is -2.43. The van der Waals surface area contributed by atoms with Crippen molar-refractivity contribution in [2.75, 3.05) is 7.05 Å². The Morgan fingerprint density at radius 2 is 2.05 bits per heavy atom. The highest BCUT2D eigenvalue weighted by Gasteiger charge is 2.47. The molecular formula is C24H29F3N8O3. The van der Waals surface area contributed by atoms with Gasteiger partial charge in [0, 0.05) is 43.4 Å². The molecule has 11 nitrogen and oxygen atoms in total. The fraction of sp³-hybridized carbons (Fsp3) is 0.458. The molecule has 4 N–H and O–H groups in total. The number of hydrazine groups is 1. The number of amides is 2. The van der Waals surface area contributed by atoms with Crippen LogP contribution >= 0.6 is 0 Å². The van der Waals surface area contributed by atoms with Gasteiger partial charge < -0.3 is 20.8 Å². The number of pyridine rings is 1. The summed E-state index contributed by atoms with van der Waals surface area (Å²) in [5.74, 6) is -2.60. The van der Waals surface area contributed by atoms with E-state index >= 15 is 0 Å². The molecule has 3 heterocycles. The van der Waals surface area contributed by atoms with E-state index in [0.29, 0.717) is 29.4 Å². The summed E-state index contributed by atoms with van der Waals surface area (Å²) < 4.78 is 47.4. The van der Waals surface area contributed by atoms with Crippen LogP contribution in [-0.4, -0.2) is 57.0 Å². The molecule has 2 aliphatic rings. The molecule has 204 valence electrons. The Morgan fingerprint density at radius 1 is 1.26 bits per heavy atom. The fourth-order valence-corrected chi connectivity index (χ4v) is 3.96. The van der Waals surface area contributed by atoms with Gasteiger partial charge in [-0.3, -0.25) is 20.0 Å². The second-order valence-corrected chi connectivity index (χ2v) is 9.23. The van der Waals surface area contributed by atoms with E-state index in [1.807, 2.05) is 0 Å². The van der Waals surface area contributed by atoms with Crippen molar-refractivity contribution in [3.63, 3.8) is 0 Å². The maximum Gasteiger partial charge on any atom is 0.273 e. The summed E-state index contributed by atoms with van der Waals surface area (Å²) in [6.07, 6.45) is 2.93. The van der Waals surface area contributed by atoms with Gasteiger partial charge in [-0.2, -0.15) is 0 Å². The van der Waals surface area contributed by atoms with Crippen LogP contribution in [0.25, 0.3) is 0 Å². The quantitative estimate of drug-likeness (QED) is 0.343. The van der Waals surface area contributed by atoms with Crippen molar-refractivity contribution < 1.29 is 27.5 Å². The fourth-order valence-electron chi connectivity index (χ4n) is 3.96. The topological polar surface area (TPSA) is 135 Å². The van der Waals surface area contributed by atoms with Crippen molar-refractivity contribution in [2.45, 2.75) is 63.8 Å². The first-order valence-electron chi connectivity index (χ1n) is 12.1. The number of aromatic nitrogens is 4. The molecule has 2 aromatic rings. The molecule has 38 heavy (non-hydrogen) atoms. The van der Waals surface area contributed by atoms with Gasteiger partial charge in [0.1, 0.15) is 23.8 Å². The average molecular weight is 535 g/mol. The van der Waals surface area contributed by atoms with E-state index in [1.54, 1.807) is 31.2 Å². The number of halogens is 3. The molecule has 1 fully saturated rings. The smallest absolute Gasteiger partial charge is 0.273 e. The second-order valence-electron chi connectivity index (χ2n) is 9.23. The van der Waals surface area contributed by atoms with E-state index in [1.165, 1.54) is 17.9 Å². The van der Waals surface area contributed by atoms with Gasteiger partial charge >= 0.3 is 0 Å². The van der Waals surface area contributed by atoms with Gasteiger partial charge in [0.05, 0.1) is 24.9 Å². The lowest BCUT2D eigenvalue weighted by Gasteiger charge is -2.34. The molecule has 0 radical (unpaired) electrons. The summed E-state index contributed by atoms with van der Waals surface area (Å²) in [5.41, 5.74) is 7.68. The number of allylic oxidation sites excluding steroid dienone is 3. The number of ether oxygens (including phenoxy) is 1. The Hall–Kier alpha value is -4.10. The summed E-state index contributed by atoms with van der Waals surface area (Å²) in [6.45, 7) is 1.70. The number of aryl methyl sites for hydroxylation is 1. The largest absolute Gasteiger partial charge is 0.490 e. The van der Waals surface area contributed by atoms with Crippen molar-refractivity contribution in [1.29, 1.82) is 0 Å². The summed E-state index contributed by atoms with van der Waals surface area (Å²) in [4.78, 5) is 28.3. The maximum atomic E-state index is 14.4. The molecule has 1 aliphatic heterocycles. The van der Waals surface area contributed by atoms with Crippen molar-refractivity contribution in [3.05, 3.63) is 59.1 Å². The van der Waals surface area contributed by atoms with Crippen LogP contribution in [0.15, 0.2) is 42.0 Å². The number of hydrogen-bond donors (Lipinski definition) is 4. The minimum Gasteiger partial charge on any atom is -0.490 e. The predicted octanol–water partition coefficient (Wildman–Crippen LogP) is 1.83. The lowest BCUT2D eigenvalue weighted by molar-refractivity contribution is -0.134. The molecule has 1 saturated carbocycles. The first kappa shape index (κ1) is 26.9. The monoisotopic (exact) mass is 534 g/mol. The molecule has 0 bridgehead atoms. The number of rotatable bonds is 11. The summed E-state index contributed by atoms with van der Waals surface area (Å²) in [7, 11) is 1.47. The van der Waals surface area contributed by atoms with Crippen LogP contribution in [0.3, 0.4) is 0 Å². The normalized spacial score (nSPS) is 17.2. The molecule has 2 amide bonds. The van der Waals surface area contributed by atoms with Crippen LogP contribution < -0.4 is 26.2 Å². The number of hydrogen-bond acceptors (Lipinski definition) is 8. The molecule has 0 aromatic carbocycles. The van der Waals surface area contributed by atoms with Gasteiger partial charge in [-0.15, -0.1) is 5.10 Å². The second kappa shape index (κ2) is 11.5. The molecule has 0 spiro atoms. The summed E-state index contributed by atoms with van der Waals surface area (Å²) in [5, 5.41) is 12.6. The predicted molar refractivity (Wildman–Crippen MR) is 129 cm³/mol. The minimum atomic E-state index is -2.68. The zero-order valence-electron chi connectivity index (χ0n) is 20.9. The molecular weight excluding hydrogens is 505 g/mol. The van der Waals surface area contributed by atoms with Crippen molar-refractivity contribution in [3.8, 4) is 5.75 Å². The zero-order chi connectivity index (χ0) is 27.3. The van der Waals surface area contributed by atoms with E-state index in [9.17, 15) is 22.8 Å². The average Bonchev–Trinajstić information content (AvgIpc) is 3.30. The third-order valence-corrected chi connectivity index (χ3v) is 5.87. The van der Waals surface area contributed by atoms with Crippen LogP contribution in [0.5, 0.6) is 5.75 Å². The Balaban J connectivity index is 1.22. The summed E-state index contributed by atoms with van der Waals surface area (Å²) in [6, 6.07) is 3.23. The van der Waals surface area contributed by atoms with Crippen LogP contribution in [0.2, 0.25) is 0 Å². The molecule has 4 rings (SSSR count). The lowest BCUT2D eigenvalue weighted by atomic mass is 9.91. The molecule has 14 heteroatoms. The number of alkyl halides is 3. The molecule has 1 aliphatic carbocycles. The Bertz CT molecular complexity index is 1240. The van der Waals surface area contributed by atoms with E-state index in [2.05, 4.69) is 36.8 Å². The molecule has 1 atom stereocenters. The minimum absolute atomic E-state index is 0.0330. The first-order chi connectivity index (χ1) is 18.1. The van der Waals surface area contributed by atoms with Crippen LogP contribution in [0, 0.1) is 6.92 Å². The van der Waals surface area contributed by atoms with Gasteiger partial charge in [-0.1, -0.05) is 5.21 Å². The van der Waals surface area contributed by atoms with Gasteiger partial charge in [0.25, 0.3) is 11.8 Å². The number of nitrogens with zero attached hydrogens (tertiary/aromatic N) is 4. The van der Waals surface area contributed by atoms with E-state index in [0.717, 1.165) is 5.70 Å². The standard InChI is InChI=1S/C24H29F3N8O3/c1-14-7-18(38-19-10-24(26,27)11-19)8-17(29-14)9-22(36)30-21-6-5-16(31-33-21)4-3-15(25)12-35-13-20(32-34-35)23(37)28-2/h5-8,13,15,19,31,33H,3-4,9-12H2,1-2H3,(H,28,37)(H,30,36)/t15-/m1/s1. The first-order valence-corrected chi connectivity index (χ1v) is 12.1. The van der Waals surface area contributed by atoms with E-state index in [4.69, 9.17) is 4.74 Å². The zero-order valence-corrected chi connectivity index (χ0v) is 20.9. The highest BCUT2D eigenvalue weighted by atomic mass is 19.3. The number of nitrogens with one attached hydrogen (secondary N) is 4. The van der Waals surface area contributed by atoms with Gasteiger partial charge in [-0.25, -0.2) is 17.9 Å². The SMILES string of the molecule is CNC(=O)c1cn(C[C@H](F)CCC2=CC=C(NC(=O)Cc3cc(OC4CC(F)(F)C4)cc(C)n3)NN2)nn1. The van der Waals surface area contributed by atoms with Crippen molar-refractivity contribution in [2.24, 2.45) is 0 Å². The Labute approximate surface area is 216 Å². The van der Waals surface area contributed by atoms with Crippen LogP contribution in [0.1, 0.15) is 47.6 Å². The Kier molecular flexibility index (Phi) is 8.17. The van der Waals surface area contributed by atoms with Crippen LogP contribution in [-0.2, 0) is 17.8 Å².